The van der Waals surface area contributed by atoms with E-state index in [-0.39, 0.29) is 0 Å². The fourth-order valence-corrected chi connectivity index (χ4v) is 4.83. The van der Waals surface area contributed by atoms with Crippen LogP contribution in [0.4, 0.5) is 0 Å². The maximum absolute atomic E-state index is 10.3. The van der Waals surface area contributed by atoms with Crippen molar-refractivity contribution in [3.63, 3.8) is 0 Å². The molecule has 0 unspecified atom stereocenters. The Morgan fingerprint density at radius 1 is 0.405 bits per heavy atom. The molecule has 2 N–H and O–H groups in total. The minimum Gasteiger partial charge on any atom is -0.481 e. The Morgan fingerprint density at radius 3 is 0.919 bits per heavy atom. The monoisotopic (exact) mass is 526 g/mol. The summed E-state index contributed by atoms with van der Waals surface area (Å²) in [5.41, 5.74) is 0. The third-order valence-electron chi connectivity index (χ3n) is 7.41. The molecular weight excluding hydrogens is 454 g/mol. The van der Waals surface area contributed by atoms with Crippen LogP contribution in [0.5, 0.6) is 0 Å². The molecule has 0 heterocycles. The molecule has 0 bridgehead atoms. The first-order chi connectivity index (χ1) is 18.2. The van der Waals surface area contributed by atoms with Crippen molar-refractivity contribution in [3.05, 3.63) is 0 Å². The quantitative estimate of drug-likeness (QED) is 0.0916. The maximum atomic E-state index is 10.3. The number of unbranched alkanes of at least 4 members (excludes halogenated alkanes) is 24. The van der Waals surface area contributed by atoms with Crippen LogP contribution in [0.3, 0.4) is 0 Å². The second-order valence-electron chi connectivity index (χ2n) is 11.4. The summed E-state index contributed by atoms with van der Waals surface area (Å²) in [6.45, 7) is 9.30. The molecule has 37 heavy (non-hydrogen) atoms. The van der Waals surface area contributed by atoms with Crippen LogP contribution in [0.1, 0.15) is 201 Å². The highest BCUT2D eigenvalue weighted by atomic mass is 16.4. The van der Waals surface area contributed by atoms with Crippen molar-refractivity contribution in [2.75, 3.05) is 13.1 Å². The summed E-state index contributed by atoms with van der Waals surface area (Å²) >= 11 is 0. The van der Waals surface area contributed by atoms with E-state index in [4.69, 9.17) is 5.11 Å². The Morgan fingerprint density at radius 2 is 0.649 bits per heavy atom. The summed E-state index contributed by atoms with van der Waals surface area (Å²) in [6.07, 6.45) is 37.1. The smallest absolute Gasteiger partial charge is 0.303 e. The molecule has 0 aromatic rings. The molecule has 0 radical (unpaired) electrons. The molecule has 0 saturated heterocycles. The maximum Gasteiger partial charge on any atom is 0.303 e. The molecule has 0 aromatic carbocycles. The average molecular weight is 526 g/mol. The van der Waals surface area contributed by atoms with E-state index in [1.54, 1.807) is 0 Å². The van der Waals surface area contributed by atoms with Crippen molar-refractivity contribution in [3.8, 4) is 0 Å². The van der Waals surface area contributed by atoms with Gasteiger partial charge in [-0.15, -0.1) is 0 Å². The van der Waals surface area contributed by atoms with Gasteiger partial charge in [0.1, 0.15) is 0 Å². The zero-order chi connectivity index (χ0) is 27.5. The van der Waals surface area contributed by atoms with E-state index in [2.05, 4.69) is 26.1 Å². The first-order valence-corrected chi connectivity index (χ1v) is 17.1. The highest BCUT2D eigenvalue weighted by Gasteiger charge is 1.97. The summed E-state index contributed by atoms with van der Waals surface area (Å²) in [6, 6.07) is 0. The molecule has 0 saturated carbocycles. The Hall–Kier alpha value is -0.570. The van der Waals surface area contributed by atoms with Gasteiger partial charge in [-0.2, -0.15) is 0 Å². The SMILES string of the molecule is CCCCCCCCCCCCCCCCCC(=O)O.CCCCCCCCNCCCCCCCC. The summed E-state index contributed by atoms with van der Waals surface area (Å²) < 4.78 is 0. The van der Waals surface area contributed by atoms with Crippen LogP contribution in [0, 0.1) is 0 Å². The lowest BCUT2D eigenvalue weighted by molar-refractivity contribution is -0.137. The van der Waals surface area contributed by atoms with Gasteiger partial charge in [-0.25, -0.2) is 0 Å². The Balaban J connectivity index is 0. The van der Waals surface area contributed by atoms with Gasteiger partial charge in [0.2, 0.25) is 0 Å². The molecule has 0 aliphatic heterocycles. The van der Waals surface area contributed by atoms with Gasteiger partial charge in [0.25, 0.3) is 0 Å². The molecular formula is C34H71NO2. The normalized spacial score (nSPS) is 10.9. The van der Waals surface area contributed by atoms with Crippen LogP contribution < -0.4 is 5.32 Å². The van der Waals surface area contributed by atoms with Crippen LogP contribution >= 0.6 is 0 Å². The van der Waals surface area contributed by atoms with E-state index < -0.39 is 5.97 Å². The number of nitrogens with one attached hydrogen (secondary N) is 1. The molecule has 3 heteroatoms. The minimum atomic E-state index is -0.653. The van der Waals surface area contributed by atoms with Crippen molar-refractivity contribution in [1.29, 1.82) is 0 Å². The van der Waals surface area contributed by atoms with Crippen LogP contribution in [-0.4, -0.2) is 24.2 Å². The number of hydrogen-bond acceptors (Lipinski definition) is 2. The molecule has 224 valence electrons. The van der Waals surface area contributed by atoms with E-state index in [1.165, 1.54) is 174 Å². The van der Waals surface area contributed by atoms with E-state index >= 15 is 0 Å². The van der Waals surface area contributed by atoms with Crippen molar-refractivity contribution < 1.29 is 9.90 Å². The molecule has 3 nitrogen and oxygen atoms in total. The first-order valence-electron chi connectivity index (χ1n) is 17.1. The third kappa shape index (κ3) is 42.8. The standard InChI is InChI=1S/C18H36O2.C16H35N/c1-2-3-4-5-6-7-8-9-10-11-12-13-14-15-16-17-18(19)20;1-3-5-7-9-11-13-15-17-16-14-12-10-8-6-4-2/h2-17H2,1H3,(H,19,20);17H,3-16H2,1-2H3. The van der Waals surface area contributed by atoms with Crippen molar-refractivity contribution in [1.82, 2.24) is 5.32 Å². The zero-order valence-corrected chi connectivity index (χ0v) is 26.1. The molecule has 0 atom stereocenters. The van der Waals surface area contributed by atoms with Crippen LogP contribution in [-0.2, 0) is 4.79 Å². The number of aliphatic carboxylic acids is 1. The number of carbonyl (C=O) groups is 1. The number of hydrogen-bond donors (Lipinski definition) is 2. The third-order valence-corrected chi connectivity index (χ3v) is 7.41. The molecule has 0 amide bonds. The topological polar surface area (TPSA) is 49.3 Å². The zero-order valence-electron chi connectivity index (χ0n) is 26.1. The summed E-state index contributed by atoms with van der Waals surface area (Å²) in [7, 11) is 0. The van der Waals surface area contributed by atoms with Crippen LogP contribution in [0.15, 0.2) is 0 Å². The lowest BCUT2D eigenvalue weighted by Gasteiger charge is -2.04. The molecule has 0 spiro atoms. The second kappa shape index (κ2) is 37.6. The molecule has 0 fully saturated rings. The van der Waals surface area contributed by atoms with Crippen LogP contribution in [0.2, 0.25) is 0 Å². The lowest BCUT2D eigenvalue weighted by Crippen LogP contribution is -2.16. The number of carboxylic acid groups (broad SMARTS) is 1. The second-order valence-corrected chi connectivity index (χ2v) is 11.4. The van der Waals surface area contributed by atoms with Crippen molar-refractivity contribution in [2.45, 2.75) is 201 Å². The summed E-state index contributed by atoms with van der Waals surface area (Å²) in [4.78, 5) is 10.3. The molecule has 0 rings (SSSR count). The minimum absolute atomic E-state index is 0.345. The van der Waals surface area contributed by atoms with Gasteiger partial charge >= 0.3 is 5.97 Å². The molecule has 0 aromatic heterocycles. The van der Waals surface area contributed by atoms with Gasteiger partial charge < -0.3 is 10.4 Å². The summed E-state index contributed by atoms with van der Waals surface area (Å²) in [5, 5.41) is 12.1. The Kier molecular flexibility index (Phi) is 39.2. The van der Waals surface area contributed by atoms with Gasteiger partial charge in [0.05, 0.1) is 0 Å². The van der Waals surface area contributed by atoms with Crippen molar-refractivity contribution in [2.24, 2.45) is 0 Å². The van der Waals surface area contributed by atoms with E-state index in [0.717, 1.165) is 12.8 Å². The van der Waals surface area contributed by atoms with E-state index in [9.17, 15) is 4.79 Å². The predicted molar refractivity (Wildman–Crippen MR) is 167 cm³/mol. The average Bonchev–Trinajstić information content (AvgIpc) is 2.89. The highest BCUT2D eigenvalue weighted by molar-refractivity contribution is 5.66. The van der Waals surface area contributed by atoms with Gasteiger partial charge in [0.15, 0.2) is 0 Å². The van der Waals surface area contributed by atoms with Gasteiger partial charge in [0, 0.05) is 6.42 Å². The molecule has 0 aliphatic carbocycles. The van der Waals surface area contributed by atoms with Crippen LogP contribution in [0.25, 0.3) is 0 Å². The lowest BCUT2D eigenvalue weighted by atomic mass is 10.0. The summed E-state index contributed by atoms with van der Waals surface area (Å²) in [5.74, 6) is -0.653. The number of carboxylic acids is 1. The fraction of sp³-hybridized carbons (Fsp3) is 0.971. The predicted octanol–water partition coefficient (Wildman–Crippen LogP) is 11.6. The van der Waals surface area contributed by atoms with Gasteiger partial charge in [-0.1, -0.05) is 175 Å². The highest BCUT2D eigenvalue weighted by Crippen LogP contribution is 2.13. The Labute approximate surface area is 234 Å². The largest absolute Gasteiger partial charge is 0.481 e. The fourth-order valence-electron chi connectivity index (χ4n) is 4.83. The van der Waals surface area contributed by atoms with E-state index in [1.807, 2.05) is 0 Å². The first kappa shape index (κ1) is 38.6. The van der Waals surface area contributed by atoms with Crippen molar-refractivity contribution >= 4 is 5.97 Å². The Bertz CT molecular complexity index is 385. The van der Waals surface area contributed by atoms with E-state index in [0.29, 0.717) is 6.42 Å². The van der Waals surface area contributed by atoms with Gasteiger partial charge in [-0.05, 0) is 32.4 Å². The number of rotatable bonds is 30. The molecule has 0 aliphatic rings. The van der Waals surface area contributed by atoms with Gasteiger partial charge in [-0.3, -0.25) is 4.79 Å².